The van der Waals surface area contributed by atoms with Gasteiger partial charge in [0.15, 0.2) is 11.6 Å². The van der Waals surface area contributed by atoms with Crippen LogP contribution in [0, 0.1) is 11.7 Å². The number of H-pyrrole nitrogens is 1. The maximum Gasteiger partial charge on any atom is 0.165 e. The van der Waals surface area contributed by atoms with Crippen LogP contribution in [-0.2, 0) is 6.42 Å². The summed E-state index contributed by atoms with van der Waals surface area (Å²) in [5.41, 5.74) is 2.63. The number of nitrogens with zero attached hydrogens (tertiary/aromatic N) is 2. The molecular weight excluding hydrogens is 451 g/mol. The smallest absolute Gasteiger partial charge is 0.165 e. The second-order valence-corrected chi connectivity index (χ2v) is 10.7. The molecule has 3 heterocycles. The molecule has 0 aliphatic carbocycles. The van der Waals surface area contributed by atoms with Gasteiger partial charge < -0.3 is 9.72 Å². The number of halogens is 3. The van der Waals surface area contributed by atoms with Gasteiger partial charge in [0.25, 0.3) is 0 Å². The van der Waals surface area contributed by atoms with Gasteiger partial charge in [0.2, 0.25) is 0 Å². The molecule has 188 valence electrons. The number of fused-ring (bicyclic) bond motifs is 3. The number of para-hydroxylation sites is 1. The molecule has 0 unspecified atom stereocenters. The fourth-order valence-corrected chi connectivity index (χ4v) is 5.59. The number of aromatic nitrogens is 1. The molecule has 3 aromatic rings. The number of benzene rings is 2. The first-order valence-corrected chi connectivity index (χ1v) is 12.5. The summed E-state index contributed by atoms with van der Waals surface area (Å²) < 4.78 is 48.4. The van der Waals surface area contributed by atoms with Crippen molar-refractivity contribution in [2.75, 3.05) is 39.5 Å². The number of aromatic amines is 1. The minimum atomic E-state index is -1.39. The molecule has 2 aliphatic rings. The molecule has 2 aliphatic heterocycles. The summed E-state index contributed by atoms with van der Waals surface area (Å²) in [5, 5.41) is 1.17. The maximum atomic E-state index is 15.2. The van der Waals surface area contributed by atoms with E-state index in [1.165, 1.54) is 17.0 Å². The van der Waals surface area contributed by atoms with Gasteiger partial charge in [-0.3, -0.25) is 14.2 Å². The van der Waals surface area contributed by atoms with Gasteiger partial charge >= 0.3 is 0 Å². The van der Waals surface area contributed by atoms with Crippen molar-refractivity contribution < 1.29 is 17.9 Å². The Morgan fingerprint density at radius 1 is 1.14 bits per heavy atom. The predicted octanol–water partition coefficient (Wildman–Crippen LogP) is 5.67. The molecule has 0 radical (unpaired) electrons. The van der Waals surface area contributed by atoms with E-state index in [0.29, 0.717) is 13.2 Å². The van der Waals surface area contributed by atoms with Gasteiger partial charge in [-0.1, -0.05) is 24.3 Å². The van der Waals surface area contributed by atoms with Crippen LogP contribution in [0.1, 0.15) is 43.6 Å². The number of rotatable bonds is 8. The summed E-state index contributed by atoms with van der Waals surface area (Å²) in [6, 6.07) is 13.0. The Morgan fingerprint density at radius 2 is 1.91 bits per heavy atom. The van der Waals surface area contributed by atoms with Crippen LogP contribution >= 0.6 is 0 Å². The molecule has 1 aromatic heterocycles. The quantitative estimate of drug-likeness (QED) is 0.446. The van der Waals surface area contributed by atoms with E-state index in [0.717, 1.165) is 36.3 Å². The van der Waals surface area contributed by atoms with Crippen LogP contribution in [0.5, 0.6) is 5.75 Å². The number of nitrogens with one attached hydrogen (secondary N) is 1. The average molecular weight is 486 g/mol. The largest absolute Gasteiger partial charge is 0.489 e. The first-order chi connectivity index (χ1) is 16.7. The fourth-order valence-electron chi connectivity index (χ4n) is 5.59. The highest BCUT2D eigenvalue weighted by atomic mass is 19.1. The maximum absolute atomic E-state index is 15.2. The van der Waals surface area contributed by atoms with Gasteiger partial charge in [0.1, 0.15) is 12.3 Å². The molecule has 1 N–H and O–H groups in total. The summed E-state index contributed by atoms with van der Waals surface area (Å²) in [7, 11) is 0. The van der Waals surface area contributed by atoms with Gasteiger partial charge in [0, 0.05) is 54.7 Å². The van der Waals surface area contributed by atoms with Crippen LogP contribution in [0.4, 0.5) is 13.2 Å². The monoisotopic (exact) mass is 485 g/mol. The van der Waals surface area contributed by atoms with E-state index in [4.69, 9.17) is 4.74 Å². The lowest BCUT2D eigenvalue weighted by Gasteiger charge is -2.43. The summed E-state index contributed by atoms with van der Waals surface area (Å²) >= 11 is 0. The number of alkyl halides is 2. The summed E-state index contributed by atoms with van der Waals surface area (Å²) in [6.07, 6.45) is 0.801. The van der Waals surface area contributed by atoms with Crippen molar-refractivity contribution in [2.45, 2.75) is 44.9 Å². The van der Waals surface area contributed by atoms with Crippen LogP contribution in [-0.4, -0.2) is 66.0 Å². The Bertz CT molecular complexity index is 1180. The highest BCUT2D eigenvalue weighted by Gasteiger charge is 2.38. The van der Waals surface area contributed by atoms with Crippen molar-refractivity contribution in [3.05, 3.63) is 65.1 Å². The molecule has 5 rings (SSSR count). The molecule has 7 heteroatoms. The topological polar surface area (TPSA) is 31.5 Å². The summed E-state index contributed by atoms with van der Waals surface area (Å²) in [4.78, 5) is 7.80. The highest BCUT2D eigenvalue weighted by molar-refractivity contribution is 5.85. The minimum Gasteiger partial charge on any atom is -0.489 e. The molecule has 0 amide bonds. The fraction of sp³-hybridized carbons (Fsp3) is 0.500. The van der Waals surface area contributed by atoms with Crippen molar-refractivity contribution in [3.63, 3.8) is 0 Å². The molecule has 2 aromatic carbocycles. The second-order valence-electron chi connectivity index (χ2n) is 10.7. The van der Waals surface area contributed by atoms with E-state index in [1.807, 2.05) is 24.3 Å². The molecule has 1 fully saturated rings. The average Bonchev–Trinajstić information content (AvgIpc) is 3.14. The van der Waals surface area contributed by atoms with E-state index < -0.39 is 11.5 Å². The third-order valence-electron chi connectivity index (χ3n) is 7.26. The third kappa shape index (κ3) is 4.94. The van der Waals surface area contributed by atoms with Crippen LogP contribution in [0.2, 0.25) is 0 Å². The van der Waals surface area contributed by atoms with Crippen LogP contribution < -0.4 is 4.74 Å². The van der Waals surface area contributed by atoms with E-state index in [-0.39, 0.29) is 37.0 Å². The highest BCUT2D eigenvalue weighted by Crippen LogP contribution is 2.42. The van der Waals surface area contributed by atoms with Crippen LogP contribution in [0.3, 0.4) is 0 Å². The lowest BCUT2D eigenvalue weighted by atomic mass is 9.87. The normalized spacial score (nSPS) is 21.8. The second kappa shape index (κ2) is 9.51. The van der Waals surface area contributed by atoms with Gasteiger partial charge in [-0.15, -0.1) is 0 Å². The molecule has 0 spiro atoms. The van der Waals surface area contributed by atoms with E-state index in [9.17, 15) is 8.78 Å². The Balaban J connectivity index is 1.42. The number of hydrogen-bond donors (Lipinski definition) is 1. The zero-order valence-corrected chi connectivity index (χ0v) is 20.7. The van der Waals surface area contributed by atoms with Crippen molar-refractivity contribution in [1.29, 1.82) is 0 Å². The zero-order valence-electron chi connectivity index (χ0n) is 20.7. The van der Waals surface area contributed by atoms with Crippen LogP contribution in [0.25, 0.3) is 10.9 Å². The predicted molar refractivity (Wildman–Crippen MR) is 133 cm³/mol. The molecule has 0 bridgehead atoms. The Hall–Kier alpha value is -2.51. The van der Waals surface area contributed by atoms with Gasteiger partial charge in [-0.25, -0.2) is 8.78 Å². The summed E-state index contributed by atoms with van der Waals surface area (Å²) in [6.45, 7) is 7.70. The molecule has 1 saturated heterocycles. The number of ether oxygens (including phenoxy) is 1. The van der Waals surface area contributed by atoms with Crippen molar-refractivity contribution >= 4 is 10.9 Å². The van der Waals surface area contributed by atoms with E-state index in [2.05, 4.69) is 27.8 Å². The van der Waals surface area contributed by atoms with Crippen LogP contribution in [0.15, 0.2) is 42.5 Å². The van der Waals surface area contributed by atoms with Crippen molar-refractivity contribution in [1.82, 2.24) is 14.8 Å². The first-order valence-electron chi connectivity index (χ1n) is 12.5. The number of hydrogen-bond acceptors (Lipinski definition) is 3. The van der Waals surface area contributed by atoms with Gasteiger partial charge in [-0.2, -0.15) is 0 Å². The number of likely N-dealkylation sites (tertiary alicyclic amines) is 1. The molecule has 4 nitrogen and oxygen atoms in total. The van der Waals surface area contributed by atoms with Crippen molar-refractivity contribution in [2.24, 2.45) is 5.92 Å². The van der Waals surface area contributed by atoms with E-state index in [1.54, 1.807) is 19.9 Å². The Labute approximate surface area is 205 Å². The lowest BCUT2D eigenvalue weighted by Crippen LogP contribution is -2.49. The van der Waals surface area contributed by atoms with Gasteiger partial charge in [-0.05, 0) is 56.5 Å². The third-order valence-corrected chi connectivity index (χ3v) is 7.26. The lowest BCUT2D eigenvalue weighted by molar-refractivity contribution is 0.0654. The summed E-state index contributed by atoms with van der Waals surface area (Å²) in [5.74, 6) is -0.104. The van der Waals surface area contributed by atoms with Gasteiger partial charge in [0.05, 0.1) is 12.7 Å². The molecule has 0 saturated carbocycles. The Kier molecular flexibility index (Phi) is 6.57. The minimum absolute atomic E-state index is 0.0883. The molecular formula is C28H34F3N3O. The zero-order chi connectivity index (χ0) is 24.7. The SMILES string of the molecule is C[C@@H]1Cc2c([nH]c3ccccc23)[C@@H](c2ccc(OCCN3CC(CF)C3)c(F)c2)N1CC(C)(C)F. The van der Waals surface area contributed by atoms with Crippen molar-refractivity contribution in [3.8, 4) is 5.75 Å². The molecule has 2 atom stereocenters. The first kappa shape index (κ1) is 24.2. The Morgan fingerprint density at radius 3 is 2.63 bits per heavy atom. The molecule has 35 heavy (non-hydrogen) atoms. The van der Waals surface area contributed by atoms with E-state index >= 15 is 4.39 Å². The standard InChI is InChI=1S/C28H34F3N3O/c1-18-12-22-21-6-4-5-7-24(21)32-26(22)27(34(18)17-28(2,3)31)20-8-9-25(23(30)13-20)35-11-10-33-15-19(14-29)16-33/h4-9,13,18-19,27,32H,10-12,14-17H2,1-3H3/t18-,27-/m1/s1.